The van der Waals surface area contributed by atoms with Crippen molar-refractivity contribution in [3.05, 3.63) is 15.6 Å². The molecule has 8 heteroatoms. The number of nitriles is 1. The second-order valence-corrected chi connectivity index (χ2v) is 10.3. The number of Topliss-reactive ketones (excluding diaryl/α,β-unsaturated/α-hetero) is 1. The summed E-state index contributed by atoms with van der Waals surface area (Å²) in [6.07, 6.45) is 1.51. The van der Waals surface area contributed by atoms with Crippen molar-refractivity contribution < 1.29 is 14.4 Å². The molecule has 1 aromatic rings. The van der Waals surface area contributed by atoms with Gasteiger partial charge in [-0.05, 0) is 38.5 Å². The number of nitrogens with one attached hydrogen (secondary N) is 2. The lowest BCUT2D eigenvalue weighted by Gasteiger charge is -2.26. The zero-order chi connectivity index (χ0) is 21.8. The first-order chi connectivity index (χ1) is 13.5. The number of aryl methyl sites for hydroxylation is 2. The van der Waals surface area contributed by atoms with Gasteiger partial charge in [0.2, 0.25) is 11.8 Å². The van der Waals surface area contributed by atoms with Crippen molar-refractivity contribution in [1.82, 2.24) is 15.6 Å². The van der Waals surface area contributed by atoms with Gasteiger partial charge in [-0.15, -0.1) is 11.3 Å². The Hall–Kier alpha value is -2.27. The van der Waals surface area contributed by atoms with E-state index in [4.69, 9.17) is 0 Å². The molecule has 0 radical (unpaired) electrons. The highest BCUT2D eigenvalue weighted by Crippen LogP contribution is 2.29. The summed E-state index contributed by atoms with van der Waals surface area (Å²) in [5.74, 6) is -1.36. The molecule has 1 saturated heterocycles. The van der Waals surface area contributed by atoms with E-state index in [2.05, 4.69) is 21.7 Å². The number of rotatable bonds is 8. The topological polar surface area (TPSA) is 112 Å². The number of hydrogen-bond donors (Lipinski definition) is 2. The Morgan fingerprint density at radius 3 is 2.55 bits per heavy atom. The zero-order valence-corrected chi connectivity index (χ0v) is 18.6. The Morgan fingerprint density at radius 1 is 1.38 bits per heavy atom. The Labute approximate surface area is 176 Å². The normalized spacial score (nSPS) is 18.6. The molecule has 1 aromatic heterocycles. The van der Waals surface area contributed by atoms with Gasteiger partial charge in [0.1, 0.15) is 11.7 Å². The Morgan fingerprint density at radius 2 is 2.07 bits per heavy atom. The first-order valence-electron chi connectivity index (χ1n) is 9.95. The fraction of sp³-hybridized carbons (Fsp3) is 0.667. The number of amides is 2. The van der Waals surface area contributed by atoms with Crippen LogP contribution in [0.5, 0.6) is 0 Å². The Kier molecular flexibility index (Phi) is 7.53. The molecule has 0 aromatic carbocycles. The minimum atomic E-state index is -0.753. The van der Waals surface area contributed by atoms with Gasteiger partial charge >= 0.3 is 0 Å². The first kappa shape index (κ1) is 23.0. The highest BCUT2D eigenvalue weighted by molar-refractivity contribution is 7.11. The summed E-state index contributed by atoms with van der Waals surface area (Å²) in [5, 5.41) is 15.8. The minimum Gasteiger partial charge on any atom is -0.356 e. The van der Waals surface area contributed by atoms with Gasteiger partial charge in [0, 0.05) is 29.7 Å². The van der Waals surface area contributed by atoms with E-state index in [1.165, 1.54) is 11.3 Å². The maximum Gasteiger partial charge on any atom is 0.224 e. The van der Waals surface area contributed by atoms with Crippen molar-refractivity contribution in [3.8, 4) is 6.07 Å². The number of hydrogen-bond acceptors (Lipinski definition) is 6. The molecule has 1 fully saturated rings. The second-order valence-electron chi connectivity index (χ2n) is 8.93. The number of carbonyl (C=O) groups excluding carboxylic acids is 3. The molecule has 3 atom stereocenters. The molecule has 1 aliphatic heterocycles. The monoisotopic (exact) mass is 418 g/mol. The van der Waals surface area contributed by atoms with Gasteiger partial charge in [-0.3, -0.25) is 14.4 Å². The number of carbonyl (C=O) groups is 3. The maximum absolute atomic E-state index is 13.0. The predicted octanol–water partition coefficient (Wildman–Crippen LogP) is 2.92. The van der Waals surface area contributed by atoms with E-state index in [0.29, 0.717) is 25.1 Å². The molecule has 0 unspecified atom stereocenters. The summed E-state index contributed by atoms with van der Waals surface area (Å²) < 4.78 is 0. The summed E-state index contributed by atoms with van der Waals surface area (Å²) in [6, 6.07) is 1.34. The summed E-state index contributed by atoms with van der Waals surface area (Å²) in [5.41, 5.74) is 0.265. The van der Waals surface area contributed by atoms with Gasteiger partial charge < -0.3 is 10.6 Å². The van der Waals surface area contributed by atoms with Crippen LogP contribution in [0.4, 0.5) is 0 Å². The van der Waals surface area contributed by atoms with E-state index < -0.39 is 12.0 Å². The Bertz CT molecular complexity index is 819. The van der Waals surface area contributed by atoms with Crippen LogP contribution in [0, 0.1) is 42.4 Å². The van der Waals surface area contributed by atoms with Gasteiger partial charge in [-0.25, -0.2) is 4.98 Å². The molecule has 0 aliphatic carbocycles. The molecule has 158 valence electrons. The minimum absolute atomic E-state index is 0.0508. The third-order valence-corrected chi connectivity index (χ3v) is 5.87. The van der Waals surface area contributed by atoms with Crippen molar-refractivity contribution in [2.24, 2.45) is 17.3 Å². The average molecular weight is 419 g/mol. The summed E-state index contributed by atoms with van der Waals surface area (Å²) in [6.45, 7) is 10.4. The molecule has 2 amide bonds. The van der Waals surface area contributed by atoms with Crippen LogP contribution in [0.2, 0.25) is 0 Å². The summed E-state index contributed by atoms with van der Waals surface area (Å²) in [7, 11) is 0. The molecule has 2 N–H and O–H groups in total. The molecular weight excluding hydrogens is 388 g/mol. The van der Waals surface area contributed by atoms with E-state index in [1.54, 1.807) is 0 Å². The highest BCUT2D eigenvalue weighted by Gasteiger charge is 2.32. The SMILES string of the molecule is Cc1nc(C(=O)C[C@@H](CC(C)(C)C)C(=O)N[C@H](C#N)C[C@@H]2CCNC2=O)c(C)s1. The molecule has 0 spiro atoms. The Balaban J connectivity index is 2.10. The smallest absolute Gasteiger partial charge is 0.224 e. The van der Waals surface area contributed by atoms with Crippen LogP contribution in [-0.2, 0) is 9.59 Å². The van der Waals surface area contributed by atoms with Gasteiger partial charge in [0.15, 0.2) is 5.78 Å². The van der Waals surface area contributed by atoms with Crippen LogP contribution < -0.4 is 10.6 Å². The fourth-order valence-electron chi connectivity index (χ4n) is 3.69. The van der Waals surface area contributed by atoms with E-state index in [1.807, 2.05) is 34.6 Å². The first-order valence-corrected chi connectivity index (χ1v) is 10.8. The predicted molar refractivity (Wildman–Crippen MR) is 111 cm³/mol. The van der Waals surface area contributed by atoms with Crippen LogP contribution in [-0.4, -0.2) is 35.2 Å². The lowest BCUT2D eigenvalue weighted by molar-refractivity contribution is -0.127. The lowest BCUT2D eigenvalue weighted by atomic mass is 9.81. The van der Waals surface area contributed by atoms with Gasteiger partial charge in [0.25, 0.3) is 0 Å². The van der Waals surface area contributed by atoms with E-state index in [0.717, 1.165) is 9.88 Å². The van der Waals surface area contributed by atoms with Crippen LogP contribution in [0.15, 0.2) is 0 Å². The van der Waals surface area contributed by atoms with E-state index >= 15 is 0 Å². The van der Waals surface area contributed by atoms with Crippen molar-refractivity contribution in [2.45, 2.75) is 66.3 Å². The molecule has 0 bridgehead atoms. The molecule has 2 rings (SSSR count). The molecule has 29 heavy (non-hydrogen) atoms. The molecule has 7 nitrogen and oxygen atoms in total. The van der Waals surface area contributed by atoms with Gasteiger partial charge in [-0.1, -0.05) is 20.8 Å². The van der Waals surface area contributed by atoms with Crippen LogP contribution in [0.1, 0.15) is 66.8 Å². The van der Waals surface area contributed by atoms with Gasteiger partial charge in [-0.2, -0.15) is 5.26 Å². The summed E-state index contributed by atoms with van der Waals surface area (Å²) in [4.78, 5) is 42.7. The van der Waals surface area contributed by atoms with E-state index in [-0.39, 0.29) is 41.8 Å². The van der Waals surface area contributed by atoms with Crippen LogP contribution in [0.3, 0.4) is 0 Å². The van der Waals surface area contributed by atoms with Crippen LogP contribution >= 0.6 is 11.3 Å². The molecular formula is C21H30N4O3S. The fourth-order valence-corrected chi connectivity index (χ4v) is 4.53. The number of thiazole rings is 1. The zero-order valence-electron chi connectivity index (χ0n) is 17.8. The third-order valence-electron chi connectivity index (χ3n) is 4.98. The second kappa shape index (κ2) is 9.49. The number of ketones is 1. The summed E-state index contributed by atoms with van der Waals surface area (Å²) >= 11 is 1.46. The van der Waals surface area contributed by atoms with Crippen molar-refractivity contribution in [3.63, 3.8) is 0 Å². The highest BCUT2D eigenvalue weighted by atomic mass is 32.1. The number of nitrogens with zero attached hydrogens (tertiary/aromatic N) is 2. The van der Waals surface area contributed by atoms with Crippen molar-refractivity contribution >= 4 is 28.9 Å². The van der Waals surface area contributed by atoms with E-state index in [9.17, 15) is 19.6 Å². The molecule has 2 heterocycles. The standard InChI is InChI=1S/C21H30N4O3S/c1-12-18(24-13(2)29-12)17(26)9-15(10-21(3,4)5)20(28)25-16(11-22)8-14-6-7-23-19(14)27/h14-16H,6-10H2,1-5H3,(H,23,27)(H,25,28)/t14-,15-,16-/m0/s1. The van der Waals surface area contributed by atoms with Gasteiger partial charge in [0.05, 0.1) is 11.1 Å². The maximum atomic E-state index is 13.0. The average Bonchev–Trinajstić information content (AvgIpc) is 3.16. The molecule has 1 aliphatic rings. The third kappa shape index (κ3) is 6.64. The molecule has 0 saturated carbocycles. The quantitative estimate of drug-likeness (QED) is 0.631. The lowest BCUT2D eigenvalue weighted by Crippen LogP contribution is -2.41. The van der Waals surface area contributed by atoms with Crippen LogP contribution in [0.25, 0.3) is 0 Å². The van der Waals surface area contributed by atoms with Crippen molar-refractivity contribution in [1.29, 1.82) is 5.26 Å². The van der Waals surface area contributed by atoms with Crippen molar-refractivity contribution in [2.75, 3.05) is 6.54 Å². The largest absolute Gasteiger partial charge is 0.356 e. The number of aromatic nitrogens is 1.